The van der Waals surface area contributed by atoms with E-state index in [0.29, 0.717) is 0 Å². The van der Waals surface area contributed by atoms with Crippen LogP contribution in [0.15, 0.2) is 24.4 Å². The van der Waals surface area contributed by atoms with Gasteiger partial charge in [-0.3, -0.25) is 4.79 Å². The number of aryl methyl sites for hydroxylation is 1. The number of nitrogens with zero attached hydrogens (tertiary/aromatic N) is 3. The van der Waals surface area contributed by atoms with E-state index in [9.17, 15) is 4.79 Å². The molecule has 0 unspecified atom stereocenters. The van der Waals surface area contributed by atoms with Gasteiger partial charge in [0.05, 0.1) is 6.20 Å². The molecule has 0 aliphatic rings. The Labute approximate surface area is 105 Å². The van der Waals surface area contributed by atoms with Crippen LogP contribution in [0.25, 0.3) is 0 Å². The van der Waals surface area contributed by atoms with Gasteiger partial charge in [0.2, 0.25) is 0 Å². The molecule has 0 bridgehead atoms. The summed E-state index contributed by atoms with van der Waals surface area (Å²) < 4.78 is 0. The molecule has 1 amide bonds. The van der Waals surface area contributed by atoms with Gasteiger partial charge < -0.3 is 10.2 Å². The number of carbonyl (C=O) groups excluding carboxylic acids is 1. The molecule has 0 saturated heterocycles. The molecule has 0 aliphatic carbocycles. The van der Waals surface area contributed by atoms with Gasteiger partial charge in [-0.25, -0.2) is 0 Å². The first-order valence-corrected chi connectivity index (χ1v) is 5.53. The van der Waals surface area contributed by atoms with Crippen LogP contribution >= 0.6 is 0 Å². The lowest BCUT2D eigenvalue weighted by molar-refractivity contribution is 0.102. The maximum Gasteiger partial charge on any atom is 0.277 e. The van der Waals surface area contributed by atoms with Crippen LogP contribution in [-0.2, 0) is 0 Å². The van der Waals surface area contributed by atoms with Crippen molar-refractivity contribution in [2.45, 2.75) is 6.92 Å². The van der Waals surface area contributed by atoms with Gasteiger partial charge in [-0.05, 0) is 24.6 Å². The van der Waals surface area contributed by atoms with Crippen molar-refractivity contribution in [3.05, 3.63) is 35.7 Å². The normalized spacial score (nSPS) is 10.2. The van der Waals surface area contributed by atoms with E-state index in [0.717, 1.165) is 16.9 Å². The largest absolute Gasteiger partial charge is 0.377 e. The Bertz CT molecular complexity index is 548. The number of hydrogen-bond donors (Lipinski definition) is 2. The summed E-state index contributed by atoms with van der Waals surface area (Å²) in [4.78, 5) is 13.8. The molecule has 0 fully saturated rings. The van der Waals surface area contributed by atoms with E-state index in [4.69, 9.17) is 0 Å². The second kappa shape index (κ2) is 4.87. The topological polar surface area (TPSA) is 73.9 Å². The third kappa shape index (κ3) is 2.48. The summed E-state index contributed by atoms with van der Waals surface area (Å²) in [6, 6.07) is 5.75. The van der Waals surface area contributed by atoms with Crippen LogP contribution in [-0.4, -0.2) is 35.4 Å². The minimum absolute atomic E-state index is 0.266. The Morgan fingerprint density at radius 3 is 2.78 bits per heavy atom. The van der Waals surface area contributed by atoms with Crippen LogP contribution in [0.2, 0.25) is 0 Å². The van der Waals surface area contributed by atoms with Crippen molar-refractivity contribution in [3.63, 3.8) is 0 Å². The Kier molecular flexibility index (Phi) is 3.27. The van der Waals surface area contributed by atoms with Crippen LogP contribution in [0.4, 0.5) is 11.4 Å². The van der Waals surface area contributed by atoms with E-state index >= 15 is 0 Å². The molecule has 18 heavy (non-hydrogen) atoms. The lowest BCUT2D eigenvalue weighted by atomic mass is 10.1. The van der Waals surface area contributed by atoms with Crippen LogP contribution in [0.5, 0.6) is 0 Å². The molecule has 6 heteroatoms. The van der Waals surface area contributed by atoms with E-state index in [1.807, 2.05) is 44.1 Å². The van der Waals surface area contributed by atoms with Crippen molar-refractivity contribution in [1.29, 1.82) is 0 Å². The molecule has 94 valence electrons. The molecule has 0 spiro atoms. The Balaban J connectivity index is 2.20. The minimum Gasteiger partial charge on any atom is -0.377 e. The molecule has 2 aromatic rings. The zero-order valence-electron chi connectivity index (χ0n) is 10.6. The number of nitrogens with one attached hydrogen (secondary N) is 2. The van der Waals surface area contributed by atoms with Gasteiger partial charge in [0.25, 0.3) is 5.91 Å². The van der Waals surface area contributed by atoms with E-state index in [-0.39, 0.29) is 11.6 Å². The highest BCUT2D eigenvalue weighted by molar-refractivity contribution is 6.02. The molecule has 2 rings (SSSR count). The van der Waals surface area contributed by atoms with Crippen molar-refractivity contribution >= 4 is 17.3 Å². The first-order chi connectivity index (χ1) is 8.58. The summed E-state index contributed by atoms with van der Waals surface area (Å²) >= 11 is 0. The number of amides is 1. The third-order valence-electron chi connectivity index (χ3n) is 2.60. The van der Waals surface area contributed by atoms with E-state index in [2.05, 4.69) is 20.7 Å². The summed E-state index contributed by atoms with van der Waals surface area (Å²) in [6.07, 6.45) is 1.39. The maximum atomic E-state index is 11.8. The highest BCUT2D eigenvalue weighted by atomic mass is 16.2. The lowest BCUT2D eigenvalue weighted by Crippen LogP contribution is -2.14. The van der Waals surface area contributed by atoms with Gasteiger partial charge in [-0.2, -0.15) is 15.4 Å². The van der Waals surface area contributed by atoms with Gasteiger partial charge in [0.1, 0.15) is 0 Å². The first-order valence-electron chi connectivity index (χ1n) is 5.53. The summed E-state index contributed by atoms with van der Waals surface area (Å²) in [6.45, 7) is 2.03. The number of aromatic amines is 1. The van der Waals surface area contributed by atoms with E-state index in [1.165, 1.54) is 6.20 Å². The van der Waals surface area contributed by atoms with Crippen LogP contribution < -0.4 is 10.2 Å². The number of rotatable bonds is 3. The van der Waals surface area contributed by atoms with Gasteiger partial charge in [-0.1, -0.05) is 6.07 Å². The molecule has 0 radical (unpaired) electrons. The highest BCUT2D eigenvalue weighted by Crippen LogP contribution is 2.22. The van der Waals surface area contributed by atoms with Crippen molar-refractivity contribution in [3.8, 4) is 0 Å². The first kappa shape index (κ1) is 12.1. The lowest BCUT2D eigenvalue weighted by Gasteiger charge is -2.16. The molecule has 1 heterocycles. The molecule has 6 nitrogen and oxygen atoms in total. The fraction of sp³-hybridized carbons (Fsp3) is 0.250. The summed E-state index contributed by atoms with van der Waals surface area (Å²) in [5.74, 6) is -0.280. The molecule has 1 aromatic heterocycles. The standard InChI is InChI=1S/C12H15N5O/c1-8-4-5-9(6-11(8)17(2)3)14-12(18)10-7-13-16-15-10/h4-7H,1-3H3,(H,14,18)(H,13,15,16). The number of H-pyrrole nitrogens is 1. The monoisotopic (exact) mass is 245 g/mol. The second-order valence-electron chi connectivity index (χ2n) is 4.21. The molecular formula is C12H15N5O. The van der Waals surface area contributed by atoms with Crippen molar-refractivity contribution < 1.29 is 4.79 Å². The molecule has 0 atom stereocenters. The second-order valence-corrected chi connectivity index (χ2v) is 4.21. The van der Waals surface area contributed by atoms with Gasteiger partial charge in [-0.15, -0.1) is 0 Å². The SMILES string of the molecule is Cc1ccc(NC(=O)c2cn[nH]n2)cc1N(C)C. The van der Waals surface area contributed by atoms with Crippen LogP contribution in [0.1, 0.15) is 16.1 Å². The van der Waals surface area contributed by atoms with Gasteiger partial charge >= 0.3 is 0 Å². The Morgan fingerprint density at radius 1 is 1.39 bits per heavy atom. The zero-order chi connectivity index (χ0) is 13.1. The van der Waals surface area contributed by atoms with Gasteiger partial charge in [0, 0.05) is 25.5 Å². The fourth-order valence-corrected chi connectivity index (χ4v) is 1.68. The quantitative estimate of drug-likeness (QED) is 0.858. The molecule has 1 aromatic carbocycles. The number of benzene rings is 1. The molecule has 2 N–H and O–H groups in total. The molecular weight excluding hydrogens is 230 g/mol. The highest BCUT2D eigenvalue weighted by Gasteiger charge is 2.10. The van der Waals surface area contributed by atoms with Crippen LogP contribution in [0.3, 0.4) is 0 Å². The number of anilines is 2. The molecule has 0 aliphatic heterocycles. The molecule has 0 saturated carbocycles. The van der Waals surface area contributed by atoms with E-state index < -0.39 is 0 Å². The maximum absolute atomic E-state index is 11.8. The minimum atomic E-state index is -0.280. The average molecular weight is 245 g/mol. The average Bonchev–Trinajstić information content (AvgIpc) is 2.85. The Morgan fingerprint density at radius 2 is 2.17 bits per heavy atom. The van der Waals surface area contributed by atoms with Gasteiger partial charge in [0.15, 0.2) is 5.69 Å². The summed E-state index contributed by atoms with van der Waals surface area (Å²) in [5.41, 5.74) is 3.21. The smallest absolute Gasteiger partial charge is 0.277 e. The predicted octanol–water partition coefficient (Wildman–Crippen LogP) is 1.43. The zero-order valence-corrected chi connectivity index (χ0v) is 10.6. The Hall–Kier alpha value is -2.37. The van der Waals surface area contributed by atoms with Crippen LogP contribution in [0, 0.1) is 6.92 Å². The number of carbonyl (C=O) groups is 1. The third-order valence-corrected chi connectivity index (χ3v) is 2.60. The number of aromatic nitrogens is 3. The van der Waals surface area contributed by atoms with Crippen molar-refractivity contribution in [2.24, 2.45) is 0 Å². The fourth-order valence-electron chi connectivity index (χ4n) is 1.68. The summed E-state index contributed by atoms with van der Waals surface area (Å²) in [7, 11) is 3.93. The van der Waals surface area contributed by atoms with Crippen molar-refractivity contribution in [1.82, 2.24) is 15.4 Å². The van der Waals surface area contributed by atoms with Crippen molar-refractivity contribution in [2.75, 3.05) is 24.3 Å². The number of hydrogen-bond acceptors (Lipinski definition) is 4. The van der Waals surface area contributed by atoms with E-state index in [1.54, 1.807) is 0 Å². The summed E-state index contributed by atoms with van der Waals surface area (Å²) in [5, 5.41) is 12.5. The predicted molar refractivity (Wildman–Crippen MR) is 69.8 cm³/mol.